The van der Waals surface area contributed by atoms with Gasteiger partial charge in [-0.3, -0.25) is 5.10 Å². The van der Waals surface area contributed by atoms with Crippen LogP contribution in [-0.2, 0) is 16.6 Å². The number of thiophene rings is 1. The van der Waals surface area contributed by atoms with Gasteiger partial charge in [0.1, 0.15) is 4.90 Å². The van der Waals surface area contributed by atoms with Crippen molar-refractivity contribution in [2.45, 2.75) is 32.2 Å². The Hall–Kier alpha value is -1.18. The number of nitrogens with one attached hydrogen (secondary N) is 2. The predicted octanol–water partition coefficient (Wildman–Crippen LogP) is 1.87. The van der Waals surface area contributed by atoms with Crippen LogP contribution in [0.1, 0.15) is 21.0 Å². The van der Waals surface area contributed by atoms with Crippen LogP contribution < -0.4 is 4.72 Å². The second kappa shape index (κ2) is 4.83. The van der Waals surface area contributed by atoms with Crippen LogP contribution in [0.2, 0.25) is 0 Å². The van der Waals surface area contributed by atoms with Crippen LogP contribution in [-0.4, -0.2) is 18.6 Å². The van der Waals surface area contributed by atoms with E-state index in [0.717, 1.165) is 4.88 Å². The Labute approximate surface area is 110 Å². The zero-order chi connectivity index (χ0) is 13.3. The lowest BCUT2D eigenvalue weighted by molar-refractivity contribution is 0.581. The second-order valence-corrected chi connectivity index (χ2v) is 7.21. The molecule has 0 saturated carbocycles. The van der Waals surface area contributed by atoms with Gasteiger partial charge in [-0.2, -0.15) is 5.10 Å². The summed E-state index contributed by atoms with van der Waals surface area (Å²) in [5, 5.41) is 6.34. The van der Waals surface area contributed by atoms with Gasteiger partial charge in [0.25, 0.3) is 0 Å². The number of sulfonamides is 1. The van der Waals surface area contributed by atoms with Crippen LogP contribution in [0.4, 0.5) is 0 Å². The van der Waals surface area contributed by atoms with E-state index in [9.17, 15) is 8.42 Å². The molecular formula is C11H15N3O2S2. The minimum Gasteiger partial charge on any atom is -0.281 e. The van der Waals surface area contributed by atoms with E-state index in [4.69, 9.17) is 0 Å². The third kappa shape index (κ3) is 2.63. The molecule has 0 bridgehead atoms. The van der Waals surface area contributed by atoms with Gasteiger partial charge in [-0.25, -0.2) is 13.1 Å². The molecule has 2 aromatic rings. The van der Waals surface area contributed by atoms with Crippen molar-refractivity contribution in [2.24, 2.45) is 0 Å². The Kier molecular flexibility index (Phi) is 3.56. The molecule has 0 unspecified atom stereocenters. The normalized spacial score (nSPS) is 11.9. The van der Waals surface area contributed by atoms with Crippen molar-refractivity contribution in [1.29, 1.82) is 0 Å². The van der Waals surface area contributed by atoms with Crippen molar-refractivity contribution < 1.29 is 8.42 Å². The SMILES string of the molecule is Cc1cc(CNS(=O)(=O)c2cn[nH]c2C)sc1C. The second-order valence-electron chi connectivity index (χ2n) is 4.14. The first-order valence-corrected chi connectivity index (χ1v) is 7.75. The van der Waals surface area contributed by atoms with E-state index in [1.165, 1.54) is 16.6 Å². The standard InChI is InChI=1S/C11H15N3O2S2/c1-7-4-10(17-9(7)3)5-13-18(15,16)11-6-12-14-8(11)2/h4,6,13H,5H2,1-3H3,(H,12,14). The van der Waals surface area contributed by atoms with Gasteiger partial charge in [0, 0.05) is 16.3 Å². The molecule has 2 rings (SSSR count). The van der Waals surface area contributed by atoms with Gasteiger partial charge >= 0.3 is 0 Å². The monoisotopic (exact) mass is 285 g/mol. The molecule has 18 heavy (non-hydrogen) atoms. The Morgan fingerprint density at radius 1 is 1.39 bits per heavy atom. The van der Waals surface area contributed by atoms with Crippen LogP contribution in [0.15, 0.2) is 17.2 Å². The lowest BCUT2D eigenvalue weighted by atomic mass is 10.3. The third-order valence-electron chi connectivity index (χ3n) is 2.73. The van der Waals surface area contributed by atoms with Gasteiger partial charge in [-0.1, -0.05) is 0 Å². The van der Waals surface area contributed by atoms with Crippen molar-refractivity contribution in [2.75, 3.05) is 0 Å². The van der Waals surface area contributed by atoms with E-state index in [-0.39, 0.29) is 4.90 Å². The zero-order valence-electron chi connectivity index (χ0n) is 10.4. The molecule has 0 fully saturated rings. The minimum absolute atomic E-state index is 0.201. The summed E-state index contributed by atoms with van der Waals surface area (Å²) >= 11 is 1.61. The molecule has 0 aliphatic rings. The first-order valence-electron chi connectivity index (χ1n) is 5.45. The smallest absolute Gasteiger partial charge is 0.244 e. The number of hydrogen-bond acceptors (Lipinski definition) is 4. The van der Waals surface area contributed by atoms with Gasteiger partial charge in [-0.05, 0) is 32.4 Å². The fraction of sp³-hybridized carbons (Fsp3) is 0.364. The minimum atomic E-state index is -3.49. The number of hydrogen-bond donors (Lipinski definition) is 2. The number of aromatic nitrogens is 2. The molecule has 0 aliphatic heterocycles. The average Bonchev–Trinajstić information content (AvgIpc) is 2.84. The summed E-state index contributed by atoms with van der Waals surface area (Å²) in [5.41, 5.74) is 1.73. The molecule has 0 aromatic carbocycles. The molecule has 0 radical (unpaired) electrons. The largest absolute Gasteiger partial charge is 0.281 e. The fourth-order valence-electron chi connectivity index (χ4n) is 1.59. The molecule has 5 nitrogen and oxygen atoms in total. The van der Waals surface area contributed by atoms with E-state index in [1.807, 2.05) is 19.9 Å². The molecule has 0 saturated heterocycles. The van der Waals surface area contributed by atoms with Crippen LogP contribution >= 0.6 is 11.3 Å². The molecule has 0 atom stereocenters. The number of rotatable bonds is 4. The van der Waals surface area contributed by atoms with E-state index in [0.29, 0.717) is 12.2 Å². The highest BCUT2D eigenvalue weighted by molar-refractivity contribution is 7.89. The lowest BCUT2D eigenvalue weighted by Crippen LogP contribution is -2.23. The molecule has 2 N–H and O–H groups in total. The van der Waals surface area contributed by atoms with Gasteiger partial charge in [-0.15, -0.1) is 11.3 Å². The number of nitrogens with zero attached hydrogens (tertiary/aromatic N) is 1. The van der Waals surface area contributed by atoms with E-state index >= 15 is 0 Å². The van der Waals surface area contributed by atoms with Gasteiger partial charge in [0.2, 0.25) is 10.0 Å². The summed E-state index contributed by atoms with van der Waals surface area (Å²) in [5.74, 6) is 0. The van der Waals surface area contributed by atoms with Crippen LogP contribution in [0.25, 0.3) is 0 Å². The molecular weight excluding hydrogens is 270 g/mol. The first kappa shape index (κ1) is 13.3. The Morgan fingerprint density at radius 3 is 2.61 bits per heavy atom. The summed E-state index contributed by atoms with van der Waals surface area (Å²) < 4.78 is 26.6. The van der Waals surface area contributed by atoms with Crippen LogP contribution in [0.5, 0.6) is 0 Å². The lowest BCUT2D eigenvalue weighted by Gasteiger charge is -2.03. The third-order valence-corrected chi connectivity index (χ3v) is 5.39. The number of aromatic amines is 1. The topological polar surface area (TPSA) is 74.8 Å². The van der Waals surface area contributed by atoms with Crippen LogP contribution in [0, 0.1) is 20.8 Å². The number of H-pyrrole nitrogens is 1. The number of aryl methyl sites for hydroxylation is 3. The Bertz CT molecular complexity index is 636. The maximum absolute atomic E-state index is 12.0. The summed E-state index contributed by atoms with van der Waals surface area (Å²) in [6, 6.07) is 2.00. The Morgan fingerprint density at radius 2 is 2.11 bits per heavy atom. The first-order chi connectivity index (χ1) is 8.40. The van der Waals surface area contributed by atoms with Crippen LogP contribution in [0.3, 0.4) is 0 Å². The molecule has 7 heteroatoms. The predicted molar refractivity (Wildman–Crippen MR) is 71.1 cm³/mol. The van der Waals surface area contributed by atoms with Crippen molar-refractivity contribution in [1.82, 2.24) is 14.9 Å². The summed E-state index contributed by atoms with van der Waals surface area (Å²) in [6.07, 6.45) is 1.32. The molecule has 0 spiro atoms. The maximum atomic E-state index is 12.0. The fourth-order valence-corrected chi connectivity index (χ4v) is 3.82. The van der Waals surface area contributed by atoms with E-state index in [2.05, 4.69) is 14.9 Å². The maximum Gasteiger partial charge on any atom is 0.244 e. The highest BCUT2D eigenvalue weighted by atomic mass is 32.2. The highest BCUT2D eigenvalue weighted by Gasteiger charge is 2.18. The van der Waals surface area contributed by atoms with E-state index in [1.54, 1.807) is 18.3 Å². The van der Waals surface area contributed by atoms with Crippen molar-refractivity contribution in [3.8, 4) is 0 Å². The summed E-state index contributed by atoms with van der Waals surface area (Å²) in [6.45, 7) is 6.04. The molecule has 2 aromatic heterocycles. The molecule has 2 heterocycles. The van der Waals surface area contributed by atoms with Gasteiger partial charge in [0.15, 0.2) is 0 Å². The van der Waals surface area contributed by atoms with Crippen molar-refractivity contribution in [3.63, 3.8) is 0 Å². The Balaban J connectivity index is 2.13. The average molecular weight is 285 g/mol. The van der Waals surface area contributed by atoms with Crippen molar-refractivity contribution in [3.05, 3.63) is 33.3 Å². The molecule has 98 valence electrons. The van der Waals surface area contributed by atoms with Crippen molar-refractivity contribution >= 4 is 21.4 Å². The highest BCUT2D eigenvalue weighted by Crippen LogP contribution is 2.21. The van der Waals surface area contributed by atoms with Gasteiger partial charge in [0.05, 0.1) is 11.9 Å². The van der Waals surface area contributed by atoms with Gasteiger partial charge < -0.3 is 0 Å². The molecule has 0 aliphatic carbocycles. The zero-order valence-corrected chi connectivity index (χ0v) is 12.1. The molecule has 0 amide bonds. The van der Waals surface area contributed by atoms with E-state index < -0.39 is 10.0 Å². The summed E-state index contributed by atoms with van der Waals surface area (Å²) in [4.78, 5) is 2.42. The quantitative estimate of drug-likeness (QED) is 0.900. The summed E-state index contributed by atoms with van der Waals surface area (Å²) in [7, 11) is -3.49.